The molecule has 1 aliphatic carbocycles. The van der Waals surface area contributed by atoms with Gasteiger partial charge in [0, 0.05) is 22.1 Å². The number of benzene rings is 1. The largest absolute Gasteiger partial charge is 0.484 e. The number of rotatable bonds is 6. The van der Waals surface area contributed by atoms with Crippen LogP contribution < -0.4 is 4.74 Å². The van der Waals surface area contributed by atoms with Gasteiger partial charge in [-0.25, -0.2) is 4.79 Å². The highest BCUT2D eigenvalue weighted by atomic mass is 35.5. The zero-order chi connectivity index (χ0) is 20.7. The van der Waals surface area contributed by atoms with Crippen LogP contribution in [-0.4, -0.2) is 52.5 Å². The van der Waals surface area contributed by atoms with Crippen LogP contribution in [0.2, 0.25) is 5.02 Å². The van der Waals surface area contributed by atoms with Crippen molar-refractivity contribution < 1.29 is 32.6 Å². The quantitative estimate of drug-likeness (QED) is 0.721. The van der Waals surface area contributed by atoms with Crippen LogP contribution in [-0.2, 0) is 9.59 Å². The molecule has 2 fully saturated rings. The van der Waals surface area contributed by atoms with Gasteiger partial charge in [-0.1, -0.05) is 18.5 Å². The smallest absolute Gasteiger partial charge is 0.422 e. The number of alkyl halides is 3. The van der Waals surface area contributed by atoms with Crippen molar-refractivity contribution in [2.24, 2.45) is 5.41 Å². The zero-order valence-corrected chi connectivity index (χ0v) is 16.5. The number of carbonyl (C=O) groups excluding carboxylic acids is 1. The van der Waals surface area contributed by atoms with Crippen molar-refractivity contribution in [1.82, 2.24) is 4.90 Å². The molecule has 5 nitrogen and oxygen atoms in total. The molecule has 0 bridgehead atoms. The Morgan fingerprint density at radius 3 is 2.61 bits per heavy atom. The highest BCUT2D eigenvalue weighted by Gasteiger charge is 2.51. The van der Waals surface area contributed by atoms with Gasteiger partial charge >= 0.3 is 12.1 Å². The first-order valence-corrected chi connectivity index (χ1v) is 9.94. The van der Waals surface area contributed by atoms with Gasteiger partial charge in [-0.05, 0) is 37.5 Å². The Hall–Kier alpha value is -1.61. The summed E-state index contributed by atoms with van der Waals surface area (Å²) >= 11 is 7.48. The second-order valence-electron chi connectivity index (χ2n) is 7.34. The van der Waals surface area contributed by atoms with Gasteiger partial charge in [-0.2, -0.15) is 13.2 Å². The van der Waals surface area contributed by atoms with Crippen molar-refractivity contribution in [3.8, 4) is 5.75 Å². The molecule has 154 valence electrons. The average Bonchev–Trinajstić information content (AvgIpc) is 3.20. The molecule has 2 aliphatic rings. The molecule has 1 amide bonds. The number of nitrogens with zero attached hydrogens (tertiary/aromatic N) is 1. The topological polar surface area (TPSA) is 66.8 Å². The van der Waals surface area contributed by atoms with E-state index >= 15 is 0 Å². The minimum Gasteiger partial charge on any atom is -0.484 e. The third kappa shape index (κ3) is 4.86. The molecule has 1 aromatic rings. The fraction of sp³-hybridized carbons (Fsp3) is 0.556. The summed E-state index contributed by atoms with van der Waals surface area (Å²) in [6.07, 6.45) is -2.64. The van der Waals surface area contributed by atoms with Gasteiger partial charge in [0.1, 0.15) is 11.8 Å². The van der Waals surface area contributed by atoms with Crippen LogP contribution in [0.4, 0.5) is 13.2 Å². The predicted molar refractivity (Wildman–Crippen MR) is 97.7 cm³/mol. The highest BCUT2D eigenvalue weighted by Crippen LogP contribution is 2.48. The summed E-state index contributed by atoms with van der Waals surface area (Å²) < 4.78 is 41.4. The molecule has 1 aliphatic heterocycles. The molecule has 2 atom stereocenters. The van der Waals surface area contributed by atoms with E-state index in [4.69, 9.17) is 11.6 Å². The lowest BCUT2D eigenvalue weighted by Gasteiger charge is -2.24. The van der Waals surface area contributed by atoms with E-state index < -0.39 is 30.2 Å². The van der Waals surface area contributed by atoms with Gasteiger partial charge in [-0.15, -0.1) is 11.8 Å². The maximum absolute atomic E-state index is 12.6. The van der Waals surface area contributed by atoms with E-state index in [1.807, 2.05) is 6.92 Å². The fourth-order valence-electron chi connectivity index (χ4n) is 3.10. The van der Waals surface area contributed by atoms with Gasteiger partial charge in [0.05, 0.1) is 5.02 Å². The van der Waals surface area contributed by atoms with Crippen molar-refractivity contribution in [2.75, 3.05) is 13.2 Å². The Morgan fingerprint density at radius 2 is 2.07 bits per heavy atom. The van der Waals surface area contributed by atoms with Crippen LogP contribution in [0.25, 0.3) is 0 Å². The minimum absolute atomic E-state index is 0.0000260. The van der Waals surface area contributed by atoms with Gasteiger partial charge in [0.25, 0.3) is 0 Å². The van der Waals surface area contributed by atoms with Crippen LogP contribution in [0.5, 0.6) is 5.75 Å². The Balaban J connectivity index is 1.66. The number of hydrogen-bond acceptors (Lipinski definition) is 4. The molecular weight excluding hydrogens is 419 g/mol. The number of hydrogen-bond donors (Lipinski definition) is 1. The molecule has 1 heterocycles. The van der Waals surface area contributed by atoms with Crippen molar-refractivity contribution in [1.29, 1.82) is 0 Å². The normalized spacial score (nSPS) is 23.5. The average molecular weight is 438 g/mol. The Morgan fingerprint density at radius 1 is 1.39 bits per heavy atom. The second-order valence-corrected chi connectivity index (χ2v) is 9.09. The number of likely N-dealkylation sites (tertiary alicyclic amines) is 1. The predicted octanol–water partition coefficient (Wildman–Crippen LogP) is 4.23. The van der Waals surface area contributed by atoms with Crippen LogP contribution in [0, 0.1) is 5.41 Å². The Bertz CT molecular complexity index is 785. The van der Waals surface area contributed by atoms with Crippen LogP contribution in [0.3, 0.4) is 0 Å². The van der Waals surface area contributed by atoms with E-state index in [0.717, 1.165) is 12.8 Å². The maximum atomic E-state index is 12.6. The molecular formula is C18H19ClF3NO4S. The molecule has 1 aromatic carbocycles. The van der Waals surface area contributed by atoms with Crippen LogP contribution >= 0.6 is 23.4 Å². The first kappa shape index (κ1) is 21.1. The third-order valence-corrected chi connectivity index (χ3v) is 6.63. The number of carboxylic acid groups (broad SMARTS) is 1. The summed E-state index contributed by atoms with van der Waals surface area (Å²) in [5.74, 6) is -1.17. The van der Waals surface area contributed by atoms with Gasteiger partial charge in [0.2, 0.25) is 5.91 Å². The number of halogens is 4. The number of carbonyl (C=O) groups is 2. The summed E-state index contributed by atoms with van der Waals surface area (Å²) in [7, 11) is 0. The maximum Gasteiger partial charge on any atom is 0.422 e. The molecule has 0 unspecified atom stereocenters. The third-order valence-electron chi connectivity index (χ3n) is 4.92. The summed E-state index contributed by atoms with van der Waals surface area (Å²) in [5, 5.41) is 9.52. The van der Waals surface area contributed by atoms with Crippen molar-refractivity contribution >= 4 is 35.2 Å². The van der Waals surface area contributed by atoms with Gasteiger partial charge in [0.15, 0.2) is 6.61 Å². The number of amides is 1. The number of carboxylic acids is 1. The number of ether oxygens (including phenoxy) is 1. The van der Waals surface area contributed by atoms with E-state index in [1.54, 1.807) is 6.07 Å². The van der Waals surface area contributed by atoms with E-state index in [0.29, 0.717) is 11.4 Å². The van der Waals surface area contributed by atoms with E-state index in [2.05, 4.69) is 4.74 Å². The fourth-order valence-corrected chi connectivity index (χ4v) is 4.60. The number of aliphatic carboxylic acids is 1. The highest BCUT2D eigenvalue weighted by molar-refractivity contribution is 8.00. The minimum atomic E-state index is -4.44. The van der Waals surface area contributed by atoms with Crippen molar-refractivity contribution in [3.05, 3.63) is 23.2 Å². The lowest BCUT2D eigenvalue weighted by molar-refractivity contribution is -0.153. The monoisotopic (exact) mass is 437 g/mol. The van der Waals surface area contributed by atoms with Crippen molar-refractivity contribution in [2.45, 2.75) is 48.5 Å². The first-order valence-electron chi connectivity index (χ1n) is 8.68. The second kappa shape index (κ2) is 7.67. The SMILES string of the molecule is CC1(C(=O)N2C[C@H](Sc3ccc(OCC(F)(F)F)cc3Cl)C[C@H]2C(=O)O)CC1. The molecule has 0 spiro atoms. The Labute approximate surface area is 169 Å². The molecule has 1 N–H and O–H groups in total. The standard InChI is InChI=1S/C18H19ClF3NO4S/c1-17(4-5-17)16(26)23-8-11(7-13(23)15(24)25)28-14-3-2-10(6-12(14)19)27-9-18(20,21)22/h2-3,6,11,13H,4-5,7-9H2,1H3,(H,24,25)/t11-,13+/m1/s1. The van der Waals surface area contributed by atoms with Crippen molar-refractivity contribution in [3.63, 3.8) is 0 Å². The lowest BCUT2D eigenvalue weighted by atomic mass is 10.1. The summed E-state index contributed by atoms with van der Waals surface area (Å²) in [6, 6.07) is 3.35. The van der Waals surface area contributed by atoms with Gasteiger partial charge in [-0.3, -0.25) is 4.79 Å². The Kier molecular flexibility index (Phi) is 5.78. The molecule has 3 rings (SSSR count). The van der Waals surface area contributed by atoms with Crippen LogP contribution in [0.15, 0.2) is 23.1 Å². The molecule has 10 heteroatoms. The summed E-state index contributed by atoms with van der Waals surface area (Å²) in [6.45, 7) is 0.721. The molecule has 1 saturated heterocycles. The molecule has 0 aromatic heterocycles. The summed E-state index contributed by atoms with van der Waals surface area (Å²) in [5.41, 5.74) is -0.456. The molecule has 28 heavy (non-hydrogen) atoms. The van der Waals surface area contributed by atoms with Gasteiger partial charge < -0.3 is 14.7 Å². The zero-order valence-electron chi connectivity index (χ0n) is 15.0. The van der Waals surface area contributed by atoms with E-state index in [9.17, 15) is 27.9 Å². The van der Waals surface area contributed by atoms with E-state index in [-0.39, 0.29) is 28.4 Å². The summed E-state index contributed by atoms with van der Waals surface area (Å²) in [4.78, 5) is 26.2. The van der Waals surface area contributed by atoms with Crippen LogP contribution in [0.1, 0.15) is 26.2 Å². The molecule has 0 radical (unpaired) electrons. The van der Waals surface area contributed by atoms with E-state index in [1.165, 1.54) is 28.8 Å². The lowest BCUT2D eigenvalue weighted by Crippen LogP contribution is -2.43. The first-order chi connectivity index (χ1) is 13.0. The molecule has 1 saturated carbocycles. The number of thioether (sulfide) groups is 1.